The number of benzene rings is 1. The predicted octanol–water partition coefficient (Wildman–Crippen LogP) is 4.27. The second-order valence-corrected chi connectivity index (χ2v) is 5.52. The molecule has 0 spiro atoms. The third kappa shape index (κ3) is 7.13. The van der Waals surface area contributed by atoms with Crippen molar-refractivity contribution < 1.29 is 19.1 Å². The first kappa shape index (κ1) is 18.9. The summed E-state index contributed by atoms with van der Waals surface area (Å²) in [4.78, 5) is 22.6. The van der Waals surface area contributed by atoms with E-state index in [1.165, 1.54) is 19.4 Å². The highest BCUT2D eigenvalue weighted by molar-refractivity contribution is 5.69. The van der Waals surface area contributed by atoms with Gasteiger partial charge in [0.05, 0.1) is 0 Å². The SMILES string of the molecule is CCC/C(=C\c1cccc(CCC)c1)C(OC(C)=O)OC(C)=O. The highest BCUT2D eigenvalue weighted by Gasteiger charge is 2.20. The van der Waals surface area contributed by atoms with Crippen molar-refractivity contribution in [1.29, 1.82) is 0 Å². The Kier molecular flexibility index (Phi) is 8.09. The number of carbonyl (C=O) groups excluding carboxylic acids is 2. The molecule has 1 aromatic carbocycles. The van der Waals surface area contributed by atoms with Gasteiger partial charge in [0.1, 0.15) is 0 Å². The van der Waals surface area contributed by atoms with Crippen molar-refractivity contribution in [2.45, 2.75) is 59.7 Å². The summed E-state index contributed by atoms with van der Waals surface area (Å²) in [5, 5.41) is 0. The largest absolute Gasteiger partial charge is 0.421 e. The van der Waals surface area contributed by atoms with Crippen LogP contribution in [0, 0.1) is 0 Å². The normalized spacial score (nSPS) is 11.4. The number of rotatable bonds is 8. The summed E-state index contributed by atoms with van der Waals surface area (Å²) in [6, 6.07) is 8.20. The van der Waals surface area contributed by atoms with Gasteiger partial charge in [-0.1, -0.05) is 51.0 Å². The molecule has 0 bridgehead atoms. The average molecular weight is 318 g/mol. The Balaban J connectivity index is 3.11. The van der Waals surface area contributed by atoms with Crippen LogP contribution in [0.1, 0.15) is 58.1 Å². The molecule has 0 aliphatic carbocycles. The number of ether oxygens (including phenoxy) is 2. The van der Waals surface area contributed by atoms with Gasteiger partial charge in [0.15, 0.2) is 0 Å². The maximum atomic E-state index is 11.3. The Labute approximate surface area is 138 Å². The van der Waals surface area contributed by atoms with Gasteiger partial charge >= 0.3 is 11.9 Å². The predicted molar refractivity (Wildman–Crippen MR) is 90.6 cm³/mol. The second kappa shape index (κ2) is 9.82. The third-order valence-electron chi connectivity index (χ3n) is 3.23. The molecule has 4 nitrogen and oxygen atoms in total. The maximum absolute atomic E-state index is 11.3. The molecule has 0 atom stereocenters. The molecule has 0 radical (unpaired) electrons. The van der Waals surface area contributed by atoms with Gasteiger partial charge in [0.2, 0.25) is 0 Å². The topological polar surface area (TPSA) is 52.6 Å². The fourth-order valence-corrected chi connectivity index (χ4v) is 2.36. The molecular formula is C19H26O4. The summed E-state index contributed by atoms with van der Waals surface area (Å²) in [6.45, 7) is 6.78. The lowest BCUT2D eigenvalue weighted by molar-refractivity contribution is -0.178. The molecule has 0 unspecified atom stereocenters. The lowest BCUT2D eigenvalue weighted by atomic mass is 10.0. The molecule has 0 heterocycles. The van der Waals surface area contributed by atoms with Crippen molar-refractivity contribution in [3.8, 4) is 0 Å². The Hall–Kier alpha value is -2.10. The Morgan fingerprint density at radius 3 is 2.26 bits per heavy atom. The van der Waals surface area contributed by atoms with E-state index in [0.29, 0.717) is 6.42 Å². The van der Waals surface area contributed by atoms with Crippen molar-refractivity contribution in [2.24, 2.45) is 0 Å². The average Bonchev–Trinajstić information content (AvgIpc) is 2.46. The molecular weight excluding hydrogens is 292 g/mol. The number of hydrogen-bond donors (Lipinski definition) is 0. The molecule has 0 N–H and O–H groups in total. The van der Waals surface area contributed by atoms with Gasteiger partial charge in [0.25, 0.3) is 6.29 Å². The highest BCUT2D eigenvalue weighted by atomic mass is 16.7. The number of hydrogen-bond acceptors (Lipinski definition) is 4. The molecule has 0 saturated heterocycles. The quantitative estimate of drug-likeness (QED) is 0.530. The van der Waals surface area contributed by atoms with E-state index in [2.05, 4.69) is 19.1 Å². The van der Waals surface area contributed by atoms with E-state index < -0.39 is 18.2 Å². The van der Waals surface area contributed by atoms with Crippen LogP contribution in [0.15, 0.2) is 29.8 Å². The van der Waals surface area contributed by atoms with Crippen LogP contribution in [0.3, 0.4) is 0 Å². The van der Waals surface area contributed by atoms with E-state index in [4.69, 9.17) is 9.47 Å². The van der Waals surface area contributed by atoms with Gasteiger partial charge < -0.3 is 9.47 Å². The Morgan fingerprint density at radius 2 is 1.74 bits per heavy atom. The standard InChI is InChI=1S/C19H26O4/c1-5-8-16-10-7-11-17(12-16)13-18(9-6-2)19(22-14(3)20)23-15(4)21/h7,10-13,19H,5-6,8-9H2,1-4H3/b18-13+. The minimum atomic E-state index is -0.959. The summed E-state index contributed by atoms with van der Waals surface area (Å²) in [6.07, 6.45) is 4.63. The highest BCUT2D eigenvalue weighted by Crippen LogP contribution is 2.20. The van der Waals surface area contributed by atoms with E-state index >= 15 is 0 Å². The van der Waals surface area contributed by atoms with Gasteiger partial charge in [-0.05, 0) is 30.0 Å². The minimum absolute atomic E-state index is 0.474. The fourth-order valence-electron chi connectivity index (χ4n) is 2.36. The van der Waals surface area contributed by atoms with E-state index in [-0.39, 0.29) is 0 Å². The molecule has 23 heavy (non-hydrogen) atoms. The first-order valence-electron chi connectivity index (χ1n) is 8.10. The summed E-state index contributed by atoms with van der Waals surface area (Å²) >= 11 is 0. The summed E-state index contributed by atoms with van der Waals surface area (Å²) in [5.41, 5.74) is 3.06. The molecule has 0 aliphatic heterocycles. The second-order valence-electron chi connectivity index (χ2n) is 5.52. The van der Waals surface area contributed by atoms with Crippen LogP contribution in [0.5, 0.6) is 0 Å². The molecule has 0 fully saturated rings. The van der Waals surface area contributed by atoms with Crippen LogP contribution in [0.4, 0.5) is 0 Å². The van der Waals surface area contributed by atoms with Crippen LogP contribution in [-0.4, -0.2) is 18.2 Å². The Morgan fingerprint density at radius 1 is 1.09 bits per heavy atom. The molecule has 0 aliphatic rings. The van der Waals surface area contributed by atoms with Crippen molar-refractivity contribution in [3.63, 3.8) is 0 Å². The van der Waals surface area contributed by atoms with Gasteiger partial charge in [-0.2, -0.15) is 0 Å². The summed E-state index contributed by atoms with van der Waals surface area (Å²) < 4.78 is 10.4. The van der Waals surface area contributed by atoms with E-state index in [0.717, 1.165) is 30.4 Å². The monoisotopic (exact) mass is 318 g/mol. The molecule has 0 amide bonds. The smallest absolute Gasteiger partial charge is 0.305 e. The van der Waals surface area contributed by atoms with E-state index in [9.17, 15) is 9.59 Å². The third-order valence-corrected chi connectivity index (χ3v) is 3.23. The molecule has 4 heteroatoms. The minimum Gasteiger partial charge on any atom is -0.421 e. The molecule has 1 aromatic rings. The van der Waals surface area contributed by atoms with Crippen LogP contribution in [0.25, 0.3) is 6.08 Å². The van der Waals surface area contributed by atoms with Gasteiger partial charge in [-0.3, -0.25) is 9.59 Å². The number of carbonyl (C=O) groups is 2. The number of esters is 2. The van der Waals surface area contributed by atoms with Crippen LogP contribution in [0.2, 0.25) is 0 Å². The zero-order valence-electron chi connectivity index (χ0n) is 14.4. The van der Waals surface area contributed by atoms with Crippen LogP contribution in [-0.2, 0) is 25.5 Å². The maximum Gasteiger partial charge on any atom is 0.305 e. The fraction of sp³-hybridized carbons (Fsp3) is 0.474. The van der Waals surface area contributed by atoms with Crippen molar-refractivity contribution in [1.82, 2.24) is 0 Å². The van der Waals surface area contributed by atoms with Crippen LogP contribution < -0.4 is 0 Å². The van der Waals surface area contributed by atoms with Crippen molar-refractivity contribution >= 4 is 18.0 Å². The molecule has 126 valence electrons. The van der Waals surface area contributed by atoms with Gasteiger partial charge in [0, 0.05) is 19.4 Å². The van der Waals surface area contributed by atoms with E-state index in [1.54, 1.807) is 0 Å². The first-order chi connectivity index (χ1) is 11.0. The van der Waals surface area contributed by atoms with E-state index in [1.807, 2.05) is 25.1 Å². The lowest BCUT2D eigenvalue weighted by Gasteiger charge is -2.20. The summed E-state index contributed by atoms with van der Waals surface area (Å²) in [5.74, 6) is -0.948. The van der Waals surface area contributed by atoms with Crippen LogP contribution >= 0.6 is 0 Å². The number of aryl methyl sites for hydroxylation is 1. The lowest BCUT2D eigenvalue weighted by Crippen LogP contribution is -2.24. The summed E-state index contributed by atoms with van der Waals surface area (Å²) in [7, 11) is 0. The zero-order valence-corrected chi connectivity index (χ0v) is 14.4. The van der Waals surface area contributed by atoms with Crippen molar-refractivity contribution in [2.75, 3.05) is 0 Å². The van der Waals surface area contributed by atoms with Crippen molar-refractivity contribution in [3.05, 3.63) is 41.0 Å². The van der Waals surface area contributed by atoms with Gasteiger partial charge in [-0.15, -0.1) is 0 Å². The molecule has 0 aromatic heterocycles. The zero-order chi connectivity index (χ0) is 17.2. The molecule has 1 rings (SSSR count). The van der Waals surface area contributed by atoms with Gasteiger partial charge in [-0.25, -0.2) is 0 Å². The first-order valence-corrected chi connectivity index (χ1v) is 8.10. The molecule has 0 saturated carbocycles. The Bertz CT molecular complexity index is 544.